The summed E-state index contributed by atoms with van der Waals surface area (Å²) in [7, 11) is 0. The van der Waals surface area contributed by atoms with E-state index in [1.54, 1.807) is 0 Å². The van der Waals surface area contributed by atoms with Gasteiger partial charge in [0.25, 0.3) is 0 Å². The van der Waals surface area contributed by atoms with E-state index in [1.807, 2.05) is 11.3 Å². The van der Waals surface area contributed by atoms with Crippen molar-refractivity contribution in [3.63, 3.8) is 0 Å². The Labute approximate surface area is 321 Å². The fourth-order valence-corrected chi connectivity index (χ4v) is 10.9. The quantitative estimate of drug-likeness (QED) is 0.216. The van der Waals surface area contributed by atoms with Crippen LogP contribution in [0.1, 0.15) is 45.5 Å². The monoisotopic (exact) mass is 718 g/mol. The van der Waals surface area contributed by atoms with Crippen LogP contribution in [0.15, 0.2) is 162 Å². The van der Waals surface area contributed by atoms with Crippen molar-refractivity contribution in [3.8, 4) is 0 Å². The summed E-state index contributed by atoms with van der Waals surface area (Å²) in [6.45, 7) is 0.859. The number of anilines is 1. The number of nitrogens with zero attached hydrogens (tertiary/aromatic N) is 2. The summed E-state index contributed by atoms with van der Waals surface area (Å²) in [5, 5.41) is 8.79. The molecule has 3 aromatic carbocycles. The molecule has 3 aliphatic heterocycles. The van der Waals surface area contributed by atoms with Gasteiger partial charge in [-0.05, 0) is 94.5 Å². The third-order valence-corrected chi connectivity index (χ3v) is 13.5. The van der Waals surface area contributed by atoms with E-state index in [4.69, 9.17) is 4.99 Å². The number of allylic oxidation sites excluding steroid dienone is 11. The zero-order valence-corrected chi connectivity index (χ0v) is 30.9. The van der Waals surface area contributed by atoms with Crippen LogP contribution in [0.3, 0.4) is 0 Å². The number of fused-ring (bicyclic) bond motifs is 7. The molecular formula is C49H42N4S. The number of para-hydroxylation sites is 1. The molecule has 4 aliphatic carbocycles. The lowest BCUT2D eigenvalue weighted by atomic mass is 9.78. The number of thiophene rings is 1. The van der Waals surface area contributed by atoms with Crippen molar-refractivity contribution in [3.05, 3.63) is 190 Å². The van der Waals surface area contributed by atoms with Crippen molar-refractivity contribution in [1.82, 2.24) is 10.2 Å². The third kappa shape index (κ3) is 5.40. The van der Waals surface area contributed by atoms with Crippen LogP contribution < -0.4 is 10.6 Å². The molecule has 0 bridgehead atoms. The molecule has 7 aliphatic rings. The lowest BCUT2D eigenvalue weighted by molar-refractivity contribution is 0.183. The fraction of sp³-hybridized carbons (Fsp3) is 0.204. The molecular weight excluding hydrogens is 677 g/mol. The molecule has 6 unspecified atom stereocenters. The van der Waals surface area contributed by atoms with Crippen LogP contribution in [0.25, 0.3) is 27.3 Å². The number of dihydropyridines is 1. The Balaban J connectivity index is 1.01. The zero-order valence-electron chi connectivity index (χ0n) is 30.1. The maximum Gasteiger partial charge on any atom is 0.178 e. The molecule has 2 N–H and O–H groups in total. The predicted molar refractivity (Wildman–Crippen MR) is 227 cm³/mol. The summed E-state index contributed by atoms with van der Waals surface area (Å²) in [6, 6.07) is 25.2. The van der Waals surface area contributed by atoms with E-state index in [1.165, 1.54) is 48.4 Å². The van der Waals surface area contributed by atoms with Crippen molar-refractivity contribution < 1.29 is 0 Å². The van der Waals surface area contributed by atoms with Gasteiger partial charge in [-0.25, -0.2) is 4.99 Å². The second-order valence-electron chi connectivity index (χ2n) is 15.4. The van der Waals surface area contributed by atoms with Crippen LogP contribution in [0.4, 0.5) is 5.69 Å². The molecule has 6 atom stereocenters. The highest BCUT2D eigenvalue weighted by molar-refractivity contribution is 7.20. The topological polar surface area (TPSA) is 39.7 Å². The molecule has 4 nitrogen and oxygen atoms in total. The number of hydrogen-bond donors (Lipinski definition) is 2. The largest absolute Gasteiger partial charge is 0.387 e. The summed E-state index contributed by atoms with van der Waals surface area (Å²) >= 11 is 1.92. The average Bonchev–Trinajstić information content (AvgIpc) is 3.79. The third-order valence-electron chi connectivity index (χ3n) is 12.3. The highest BCUT2D eigenvalue weighted by atomic mass is 32.1. The number of rotatable bonds is 5. The maximum atomic E-state index is 5.75. The Morgan fingerprint density at radius 2 is 1.65 bits per heavy atom. The second kappa shape index (κ2) is 13.1. The Hall–Kier alpha value is -5.49. The molecule has 4 heterocycles. The first-order valence-corrected chi connectivity index (χ1v) is 20.3. The van der Waals surface area contributed by atoms with Gasteiger partial charge in [0.05, 0.1) is 5.71 Å². The van der Waals surface area contributed by atoms with Crippen molar-refractivity contribution in [2.45, 2.75) is 37.6 Å². The van der Waals surface area contributed by atoms with E-state index in [0.29, 0.717) is 17.8 Å². The molecule has 0 saturated carbocycles. The minimum absolute atomic E-state index is 0.207. The fourth-order valence-electron chi connectivity index (χ4n) is 9.72. The van der Waals surface area contributed by atoms with Gasteiger partial charge < -0.3 is 10.6 Å². The van der Waals surface area contributed by atoms with Gasteiger partial charge in [0, 0.05) is 69.0 Å². The van der Waals surface area contributed by atoms with Crippen LogP contribution in [0.2, 0.25) is 0 Å². The van der Waals surface area contributed by atoms with Crippen LogP contribution in [-0.4, -0.2) is 35.5 Å². The van der Waals surface area contributed by atoms with Crippen molar-refractivity contribution >= 4 is 50.0 Å². The lowest BCUT2D eigenvalue weighted by Gasteiger charge is -2.39. The first-order chi connectivity index (χ1) is 26.7. The Morgan fingerprint density at radius 1 is 0.778 bits per heavy atom. The molecule has 5 heteroatoms. The standard InChI is InChI=1S/C49H42N4S/c1-2-11-31(12-3-1)35-25-36(34-13-10-24-50-30-34)27-37(26-35)48-41-16-4-7-17-43(41)51-49(52-48)53-44-18-8-5-14-38(44)39-22-20-33(29-45(39)53)32-21-23-47-42(28-32)40-15-6-9-19-46(40)54-47/h1-2,4-11,13-23,25-27,29-30,32,38-39,44-45,49-51H,3,12,24,28H2. The van der Waals surface area contributed by atoms with Crippen LogP contribution >= 0.6 is 11.3 Å². The summed E-state index contributed by atoms with van der Waals surface area (Å²) in [4.78, 5) is 9.83. The average molecular weight is 719 g/mol. The Morgan fingerprint density at radius 3 is 2.57 bits per heavy atom. The van der Waals surface area contributed by atoms with E-state index in [2.05, 4.69) is 174 Å². The highest BCUT2D eigenvalue weighted by Crippen LogP contribution is 2.47. The van der Waals surface area contributed by atoms with Crippen LogP contribution in [0, 0.1) is 17.8 Å². The molecule has 4 aromatic rings. The first kappa shape index (κ1) is 32.0. The lowest BCUT2D eigenvalue weighted by Crippen LogP contribution is -2.49. The van der Waals surface area contributed by atoms with Gasteiger partial charge in [-0.15, -0.1) is 11.3 Å². The highest BCUT2D eigenvalue weighted by Gasteiger charge is 2.50. The number of aliphatic imine (C=N–C) groups is 1. The minimum atomic E-state index is -0.230. The summed E-state index contributed by atoms with van der Waals surface area (Å²) in [5.74, 6) is 1.12. The van der Waals surface area contributed by atoms with Crippen LogP contribution in [0.5, 0.6) is 0 Å². The van der Waals surface area contributed by atoms with E-state index in [0.717, 1.165) is 48.3 Å². The van der Waals surface area contributed by atoms with Crippen molar-refractivity contribution in [2.24, 2.45) is 22.7 Å². The second-order valence-corrected chi connectivity index (χ2v) is 16.5. The summed E-state index contributed by atoms with van der Waals surface area (Å²) < 4.78 is 1.39. The van der Waals surface area contributed by atoms with Crippen molar-refractivity contribution in [2.75, 3.05) is 11.9 Å². The Kier molecular flexibility index (Phi) is 7.77. The minimum Gasteiger partial charge on any atom is -0.387 e. The molecule has 0 spiro atoms. The van der Waals surface area contributed by atoms with Gasteiger partial charge in [0.15, 0.2) is 6.29 Å². The van der Waals surface area contributed by atoms with Crippen molar-refractivity contribution in [1.29, 1.82) is 0 Å². The van der Waals surface area contributed by atoms with Gasteiger partial charge in [0.2, 0.25) is 0 Å². The van der Waals surface area contributed by atoms with Gasteiger partial charge in [0.1, 0.15) is 0 Å². The van der Waals surface area contributed by atoms with E-state index < -0.39 is 0 Å². The molecule has 1 saturated heterocycles. The summed E-state index contributed by atoms with van der Waals surface area (Å²) in [5.41, 5.74) is 12.5. The number of likely N-dealkylation sites (tertiary alicyclic amines) is 1. The first-order valence-electron chi connectivity index (χ1n) is 19.5. The number of nitrogens with one attached hydrogen (secondary N) is 2. The molecule has 264 valence electrons. The van der Waals surface area contributed by atoms with Gasteiger partial charge in [-0.1, -0.05) is 115 Å². The van der Waals surface area contributed by atoms with E-state index in [9.17, 15) is 0 Å². The molecule has 11 rings (SSSR count). The van der Waals surface area contributed by atoms with E-state index >= 15 is 0 Å². The molecule has 54 heavy (non-hydrogen) atoms. The zero-order chi connectivity index (χ0) is 35.6. The van der Waals surface area contributed by atoms with Crippen LogP contribution in [-0.2, 0) is 6.42 Å². The van der Waals surface area contributed by atoms with Gasteiger partial charge in [-0.2, -0.15) is 0 Å². The van der Waals surface area contributed by atoms with E-state index in [-0.39, 0.29) is 18.4 Å². The summed E-state index contributed by atoms with van der Waals surface area (Å²) in [6.07, 6.45) is 37.9. The predicted octanol–water partition coefficient (Wildman–Crippen LogP) is 10.5. The molecule has 0 amide bonds. The molecule has 1 aromatic heterocycles. The maximum absolute atomic E-state index is 5.75. The number of benzene rings is 3. The smallest absolute Gasteiger partial charge is 0.178 e. The SMILES string of the molecule is C1=CCCC(c2cc(C3=CNCC=C3)cc(C3=NC(N4C5C=CC=CC5C5C=CC(C6C=Cc7sc8ccccc8c7C6)=CC54)Nc4ccccc43)c2)=C1. The normalized spacial score (nSPS) is 27.6. The number of hydrogen-bond acceptors (Lipinski definition) is 5. The van der Waals surface area contributed by atoms with Gasteiger partial charge in [-0.3, -0.25) is 4.90 Å². The molecule has 0 radical (unpaired) electrons. The molecule has 1 fully saturated rings. The Bertz CT molecular complexity index is 2510. The van der Waals surface area contributed by atoms with Gasteiger partial charge >= 0.3 is 0 Å².